The molecule has 1 fully saturated rings. The lowest BCUT2D eigenvalue weighted by atomic mass is 10.1. The molecule has 0 aromatic heterocycles. The fraction of sp³-hybridized carbons (Fsp3) is 0.524. The quantitative estimate of drug-likeness (QED) is 0.578. The van der Waals surface area contributed by atoms with Crippen LogP contribution in [0.4, 0.5) is 5.69 Å². The van der Waals surface area contributed by atoms with Crippen molar-refractivity contribution in [3.8, 4) is 6.07 Å². The minimum Gasteiger partial charge on any atom is -0.458 e. The summed E-state index contributed by atoms with van der Waals surface area (Å²) in [6.07, 6.45) is 0.847. The van der Waals surface area contributed by atoms with Gasteiger partial charge < -0.3 is 19.7 Å². The number of hydrogen-bond donors (Lipinski definition) is 1. The van der Waals surface area contributed by atoms with E-state index in [0.717, 1.165) is 0 Å². The van der Waals surface area contributed by atoms with Gasteiger partial charge in [-0.2, -0.15) is 5.26 Å². The number of anilines is 1. The zero-order valence-electron chi connectivity index (χ0n) is 17.1. The number of hydrogen-bond acceptors (Lipinski definition) is 6. The molecule has 2 rings (SSSR count). The molecule has 2 amide bonds. The molecular weight excluding hydrogens is 374 g/mol. The average molecular weight is 401 g/mol. The van der Waals surface area contributed by atoms with Gasteiger partial charge in [0.25, 0.3) is 0 Å². The molecule has 1 aliphatic rings. The number of amides is 2. The first-order valence-electron chi connectivity index (χ1n) is 9.57. The molecular formula is C21H27N3O5. The third-order valence-electron chi connectivity index (χ3n) is 4.26. The van der Waals surface area contributed by atoms with Crippen LogP contribution in [0.3, 0.4) is 0 Å². The number of esters is 1. The normalized spacial score (nSPS) is 14.8. The molecule has 8 nitrogen and oxygen atoms in total. The number of nitrogens with one attached hydrogen (secondary N) is 1. The van der Waals surface area contributed by atoms with Crippen molar-refractivity contribution in [1.82, 2.24) is 4.90 Å². The van der Waals surface area contributed by atoms with E-state index in [9.17, 15) is 14.4 Å². The molecule has 0 unspecified atom stereocenters. The Bertz CT molecular complexity index is 769. The van der Waals surface area contributed by atoms with Crippen LogP contribution in [0.2, 0.25) is 0 Å². The van der Waals surface area contributed by atoms with Crippen molar-refractivity contribution < 1.29 is 23.9 Å². The molecule has 0 radical (unpaired) electrons. The van der Waals surface area contributed by atoms with E-state index >= 15 is 0 Å². The molecule has 1 aliphatic heterocycles. The summed E-state index contributed by atoms with van der Waals surface area (Å²) in [6.45, 7) is 6.23. The van der Waals surface area contributed by atoms with E-state index in [1.54, 1.807) is 49.9 Å². The van der Waals surface area contributed by atoms with E-state index in [2.05, 4.69) is 5.32 Å². The van der Waals surface area contributed by atoms with Gasteiger partial charge in [-0.3, -0.25) is 9.59 Å². The van der Waals surface area contributed by atoms with E-state index < -0.39 is 17.5 Å². The molecule has 1 aromatic rings. The molecule has 1 saturated heterocycles. The Morgan fingerprint density at radius 2 is 1.79 bits per heavy atom. The van der Waals surface area contributed by atoms with Gasteiger partial charge in [0.15, 0.2) is 0 Å². The van der Waals surface area contributed by atoms with Crippen LogP contribution in [0.15, 0.2) is 24.3 Å². The van der Waals surface area contributed by atoms with Crippen molar-refractivity contribution in [3.63, 3.8) is 0 Å². The molecule has 29 heavy (non-hydrogen) atoms. The number of rotatable bonds is 6. The van der Waals surface area contributed by atoms with E-state index in [4.69, 9.17) is 14.7 Å². The smallest absolute Gasteiger partial charge is 0.332 e. The largest absolute Gasteiger partial charge is 0.458 e. The van der Waals surface area contributed by atoms with Gasteiger partial charge in [-0.25, -0.2) is 4.79 Å². The highest BCUT2D eigenvalue weighted by molar-refractivity contribution is 6.03. The number of benzene rings is 1. The van der Waals surface area contributed by atoms with Gasteiger partial charge in [0.05, 0.1) is 17.7 Å². The predicted octanol–water partition coefficient (Wildman–Crippen LogP) is 2.24. The molecule has 0 bridgehead atoms. The van der Waals surface area contributed by atoms with E-state index in [-0.39, 0.29) is 25.0 Å². The van der Waals surface area contributed by atoms with Crippen LogP contribution in [0.5, 0.6) is 0 Å². The maximum absolute atomic E-state index is 12.3. The third kappa shape index (κ3) is 7.92. The fourth-order valence-electron chi connectivity index (χ4n) is 2.91. The maximum atomic E-state index is 12.3. The minimum absolute atomic E-state index is 0.108. The topological polar surface area (TPSA) is 109 Å². The van der Waals surface area contributed by atoms with Crippen LogP contribution in [-0.4, -0.2) is 54.1 Å². The Morgan fingerprint density at radius 3 is 2.34 bits per heavy atom. The average Bonchev–Trinajstić information content (AvgIpc) is 2.66. The van der Waals surface area contributed by atoms with Gasteiger partial charge in [-0.05, 0) is 57.9 Å². The van der Waals surface area contributed by atoms with Gasteiger partial charge in [0.1, 0.15) is 18.6 Å². The van der Waals surface area contributed by atoms with Crippen molar-refractivity contribution in [2.24, 2.45) is 0 Å². The van der Waals surface area contributed by atoms with Crippen molar-refractivity contribution in [1.29, 1.82) is 5.26 Å². The van der Waals surface area contributed by atoms with Gasteiger partial charge in [0, 0.05) is 18.8 Å². The SMILES string of the molecule is CC(C)(C)OC(=O)COC1CCN(C(=O)CC(=O)Nc2ccc(C#N)cc2)CC1. The predicted molar refractivity (Wildman–Crippen MR) is 106 cm³/mol. The maximum Gasteiger partial charge on any atom is 0.332 e. The lowest BCUT2D eigenvalue weighted by Gasteiger charge is -2.32. The highest BCUT2D eigenvalue weighted by Crippen LogP contribution is 2.16. The summed E-state index contributed by atoms with van der Waals surface area (Å²) in [5, 5.41) is 11.4. The van der Waals surface area contributed by atoms with Gasteiger partial charge in [-0.15, -0.1) is 0 Å². The van der Waals surface area contributed by atoms with Crippen LogP contribution >= 0.6 is 0 Å². The standard InChI is InChI=1S/C21H27N3O5/c1-21(2,3)29-20(27)14-28-17-8-10-24(11-9-17)19(26)12-18(25)23-16-6-4-15(13-22)5-7-16/h4-7,17H,8-12,14H2,1-3H3,(H,23,25). The zero-order valence-corrected chi connectivity index (χ0v) is 17.1. The van der Waals surface area contributed by atoms with Gasteiger partial charge >= 0.3 is 5.97 Å². The van der Waals surface area contributed by atoms with Crippen LogP contribution in [0.25, 0.3) is 0 Å². The minimum atomic E-state index is -0.547. The first-order chi connectivity index (χ1) is 13.7. The second kappa shape index (κ2) is 10.0. The highest BCUT2D eigenvalue weighted by atomic mass is 16.6. The molecule has 0 aliphatic carbocycles. The number of nitrogens with zero attached hydrogens (tertiary/aromatic N) is 2. The lowest BCUT2D eigenvalue weighted by molar-refractivity contribution is -0.163. The number of carbonyl (C=O) groups excluding carboxylic acids is 3. The summed E-state index contributed by atoms with van der Waals surface area (Å²) in [5.74, 6) is -1.06. The summed E-state index contributed by atoms with van der Waals surface area (Å²) in [7, 11) is 0. The Hall–Kier alpha value is -2.92. The molecule has 8 heteroatoms. The Kier molecular flexibility index (Phi) is 7.74. The lowest BCUT2D eigenvalue weighted by Crippen LogP contribution is -2.42. The van der Waals surface area contributed by atoms with Crippen LogP contribution < -0.4 is 5.32 Å². The summed E-state index contributed by atoms with van der Waals surface area (Å²) >= 11 is 0. The molecule has 0 spiro atoms. The van der Waals surface area contributed by atoms with E-state index in [1.165, 1.54) is 0 Å². The summed E-state index contributed by atoms with van der Waals surface area (Å²) < 4.78 is 10.8. The molecule has 0 saturated carbocycles. The second-order valence-electron chi connectivity index (χ2n) is 7.89. The molecule has 156 valence electrons. The summed E-state index contributed by atoms with van der Waals surface area (Å²) in [6, 6.07) is 8.43. The first-order valence-corrected chi connectivity index (χ1v) is 9.57. The van der Waals surface area contributed by atoms with Crippen molar-refractivity contribution >= 4 is 23.5 Å². The molecule has 1 aromatic carbocycles. The number of piperidine rings is 1. The fourth-order valence-corrected chi connectivity index (χ4v) is 2.91. The third-order valence-corrected chi connectivity index (χ3v) is 4.26. The molecule has 1 heterocycles. The van der Waals surface area contributed by atoms with E-state index in [0.29, 0.717) is 37.2 Å². The Labute approximate surface area is 170 Å². The van der Waals surface area contributed by atoms with Crippen molar-refractivity contribution in [3.05, 3.63) is 29.8 Å². The van der Waals surface area contributed by atoms with Crippen molar-refractivity contribution in [2.75, 3.05) is 25.0 Å². The molecule has 0 atom stereocenters. The Morgan fingerprint density at radius 1 is 1.17 bits per heavy atom. The number of carbonyl (C=O) groups is 3. The van der Waals surface area contributed by atoms with Crippen LogP contribution in [0.1, 0.15) is 45.6 Å². The monoisotopic (exact) mass is 401 g/mol. The number of likely N-dealkylation sites (tertiary alicyclic amines) is 1. The summed E-state index contributed by atoms with van der Waals surface area (Å²) in [5.41, 5.74) is 0.487. The van der Waals surface area contributed by atoms with Crippen molar-refractivity contribution in [2.45, 2.75) is 51.7 Å². The Balaban J connectivity index is 1.70. The number of ether oxygens (including phenoxy) is 2. The van der Waals surface area contributed by atoms with Crippen LogP contribution in [-0.2, 0) is 23.9 Å². The van der Waals surface area contributed by atoms with Gasteiger partial charge in [0.2, 0.25) is 11.8 Å². The van der Waals surface area contributed by atoms with Crippen LogP contribution in [0, 0.1) is 11.3 Å². The van der Waals surface area contributed by atoms with Gasteiger partial charge in [-0.1, -0.05) is 0 Å². The second-order valence-corrected chi connectivity index (χ2v) is 7.89. The summed E-state index contributed by atoms with van der Waals surface area (Å²) in [4.78, 5) is 37.8. The number of nitriles is 1. The van der Waals surface area contributed by atoms with E-state index in [1.807, 2.05) is 6.07 Å². The highest BCUT2D eigenvalue weighted by Gasteiger charge is 2.26. The first kappa shape index (κ1) is 22.4. The zero-order chi connectivity index (χ0) is 21.4. The molecule has 1 N–H and O–H groups in total.